The van der Waals surface area contributed by atoms with Gasteiger partial charge in [0.05, 0.1) is 13.2 Å². The average Bonchev–Trinajstić information content (AvgIpc) is 2.31. The lowest BCUT2D eigenvalue weighted by molar-refractivity contribution is -0.120. The third-order valence-corrected chi connectivity index (χ3v) is 3.07. The van der Waals surface area contributed by atoms with E-state index < -0.39 is 0 Å². The van der Waals surface area contributed by atoms with E-state index in [0.29, 0.717) is 19.7 Å². The van der Waals surface area contributed by atoms with Crippen molar-refractivity contribution in [3.63, 3.8) is 0 Å². The Morgan fingerprint density at radius 3 is 2.75 bits per heavy atom. The lowest BCUT2D eigenvalue weighted by Crippen LogP contribution is -2.37. The molecule has 2 N–H and O–H groups in total. The van der Waals surface area contributed by atoms with Crippen molar-refractivity contribution >= 4 is 5.91 Å². The van der Waals surface area contributed by atoms with E-state index in [1.54, 1.807) is 7.11 Å². The van der Waals surface area contributed by atoms with E-state index in [0.717, 1.165) is 12.5 Å². The summed E-state index contributed by atoms with van der Waals surface area (Å²) in [4.78, 5) is 11.3. The number of carbonyl (C=O) groups is 1. The highest BCUT2D eigenvalue weighted by Gasteiger charge is 2.12. The number of carbonyl (C=O) groups excluding carboxylic acids is 1. The molecule has 0 aromatic rings. The summed E-state index contributed by atoms with van der Waals surface area (Å²) in [5.74, 6) is 0.841. The molecule has 0 heterocycles. The molecule has 0 unspecified atom stereocenters. The first-order valence-corrected chi connectivity index (χ1v) is 6.29. The molecular weight excluding hydrogens is 204 g/mol. The molecule has 1 amide bonds. The highest BCUT2D eigenvalue weighted by Crippen LogP contribution is 2.22. The lowest BCUT2D eigenvalue weighted by Gasteiger charge is -2.21. The van der Waals surface area contributed by atoms with Crippen molar-refractivity contribution in [2.24, 2.45) is 5.92 Å². The van der Waals surface area contributed by atoms with Gasteiger partial charge in [0.15, 0.2) is 0 Å². The van der Waals surface area contributed by atoms with Crippen LogP contribution in [0.15, 0.2) is 0 Å². The maximum absolute atomic E-state index is 11.3. The molecular formula is C12H24N2O2. The number of methoxy groups -OCH3 is 1. The van der Waals surface area contributed by atoms with Crippen LogP contribution in [0.25, 0.3) is 0 Å². The first-order chi connectivity index (χ1) is 7.83. The van der Waals surface area contributed by atoms with Crippen molar-refractivity contribution in [2.75, 3.05) is 33.4 Å². The Balaban J connectivity index is 1.94. The van der Waals surface area contributed by atoms with Crippen LogP contribution in [0.4, 0.5) is 0 Å². The zero-order valence-corrected chi connectivity index (χ0v) is 10.3. The zero-order valence-electron chi connectivity index (χ0n) is 10.3. The van der Waals surface area contributed by atoms with E-state index in [1.807, 2.05) is 0 Å². The molecule has 94 valence electrons. The third-order valence-electron chi connectivity index (χ3n) is 3.07. The summed E-state index contributed by atoms with van der Waals surface area (Å²) in [5.41, 5.74) is 0. The van der Waals surface area contributed by atoms with Crippen molar-refractivity contribution in [2.45, 2.75) is 32.1 Å². The maximum atomic E-state index is 11.3. The van der Waals surface area contributed by atoms with Gasteiger partial charge in [0, 0.05) is 13.7 Å². The highest BCUT2D eigenvalue weighted by atomic mass is 16.5. The van der Waals surface area contributed by atoms with E-state index >= 15 is 0 Å². The molecule has 4 heteroatoms. The minimum atomic E-state index is 0.0628. The summed E-state index contributed by atoms with van der Waals surface area (Å²) in [5, 5.41) is 6.02. The molecule has 0 atom stereocenters. The number of amides is 1. The van der Waals surface area contributed by atoms with E-state index in [9.17, 15) is 4.79 Å². The molecule has 0 saturated heterocycles. The van der Waals surface area contributed by atoms with E-state index in [1.165, 1.54) is 32.1 Å². The van der Waals surface area contributed by atoms with E-state index in [4.69, 9.17) is 4.74 Å². The minimum absolute atomic E-state index is 0.0628. The Hall–Kier alpha value is -0.610. The second-order valence-corrected chi connectivity index (χ2v) is 4.48. The fourth-order valence-corrected chi connectivity index (χ4v) is 2.14. The predicted molar refractivity (Wildman–Crippen MR) is 64.3 cm³/mol. The Kier molecular flexibility index (Phi) is 7.17. The monoisotopic (exact) mass is 228 g/mol. The van der Waals surface area contributed by atoms with Gasteiger partial charge >= 0.3 is 0 Å². The molecule has 0 radical (unpaired) electrons. The summed E-state index contributed by atoms with van der Waals surface area (Å²) < 4.78 is 4.86. The molecule has 0 aromatic carbocycles. The van der Waals surface area contributed by atoms with Gasteiger partial charge in [-0.3, -0.25) is 4.79 Å². The summed E-state index contributed by atoms with van der Waals surface area (Å²) in [6, 6.07) is 0. The second-order valence-electron chi connectivity index (χ2n) is 4.48. The smallest absolute Gasteiger partial charge is 0.234 e. The zero-order chi connectivity index (χ0) is 11.6. The Labute approximate surface area is 98.1 Å². The van der Waals surface area contributed by atoms with Crippen molar-refractivity contribution in [1.29, 1.82) is 0 Å². The van der Waals surface area contributed by atoms with Gasteiger partial charge in [-0.1, -0.05) is 19.3 Å². The summed E-state index contributed by atoms with van der Waals surface area (Å²) in [6.07, 6.45) is 6.73. The van der Waals surface area contributed by atoms with Crippen LogP contribution in [0, 0.1) is 5.92 Å². The molecule has 0 aromatic heterocycles. The van der Waals surface area contributed by atoms with Gasteiger partial charge in [0.2, 0.25) is 5.91 Å². The molecule has 1 fully saturated rings. The van der Waals surface area contributed by atoms with Crippen molar-refractivity contribution in [3.8, 4) is 0 Å². The lowest BCUT2D eigenvalue weighted by atomic mass is 9.89. The van der Waals surface area contributed by atoms with E-state index in [2.05, 4.69) is 10.6 Å². The molecule has 0 bridgehead atoms. The number of hydrogen-bond acceptors (Lipinski definition) is 3. The van der Waals surface area contributed by atoms with Gasteiger partial charge in [-0.2, -0.15) is 0 Å². The molecule has 0 spiro atoms. The van der Waals surface area contributed by atoms with Crippen molar-refractivity contribution in [1.82, 2.24) is 10.6 Å². The van der Waals surface area contributed by atoms with Crippen LogP contribution in [-0.2, 0) is 9.53 Å². The first-order valence-electron chi connectivity index (χ1n) is 6.29. The number of nitrogens with one attached hydrogen (secondary N) is 2. The fraction of sp³-hybridized carbons (Fsp3) is 0.917. The SMILES string of the molecule is COCCNC(=O)CNCC1CCCCC1. The van der Waals surface area contributed by atoms with Crippen molar-refractivity contribution < 1.29 is 9.53 Å². The average molecular weight is 228 g/mol. The van der Waals surface area contributed by atoms with Crippen LogP contribution in [0.3, 0.4) is 0 Å². The Morgan fingerprint density at radius 1 is 1.31 bits per heavy atom. The number of rotatable bonds is 7. The van der Waals surface area contributed by atoms with Gasteiger partial charge in [-0.05, 0) is 25.3 Å². The van der Waals surface area contributed by atoms with Crippen LogP contribution in [0.5, 0.6) is 0 Å². The van der Waals surface area contributed by atoms with Crippen LogP contribution in [0.2, 0.25) is 0 Å². The number of ether oxygens (including phenoxy) is 1. The molecule has 1 aliphatic carbocycles. The van der Waals surface area contributed by atoms with E-state index in [-0.39, 0.29) is 5.91 Å². The molecule has 16 heavy (non-hydrogen) atoms. The quantitative estimate of drug-likeness (QED) is 0.637. The summed E-state index contributed by atoms with van der Waals surface area (Å²) in [7, 11) is 1.63. The minimum Gasteiger partial charge on any atom is -0.383 e. The Bertz CT molecular complexity index is 191. The molecule has 1 rings (SSSR count). The topological polar surface area (TPSA) is 50.4 Å². The largest absolute Gasteiger partial charge is 0.383 e. The summed E-state index contributed by atoms with van der Waals surface area (Å²) in [6.45, 7) is 2.59. The van der Waals surface area contributed by atoms with Crippen LogP contribution < -0.4 is 10.6 Å². The van der Waals surface area contributed by atoms with Gasteiger partial charge in [0.25, 0.3) is 0 Å². The molecule has 1 aliphatic rings. The summed E-state index contributed by atoms with van der Waals surface area (Å²) >= 11 is 0. The predicted octanol–water partition coefficient (Wildman–Crippen LogP) is 0.919. The fourth-order valence-electron chi connectivity index (χ4n) is 2.14. The first kappa shape index (κ1) is 13.5. The van der Waals surface area contributed by atoms with Gasteiger partial charge in [-0.15, -0.1) is 0 Å². The molecule has 1 saturated carbocycles. The highest BCUT2D eigenvalue weighted by molar-refractivity contribution is 5.77. The maximum Gasteiger partial charge on any atom is 0.234 e. The number of hydrogen-bond donors (Lipinski definition) is 2. The molecule has 0 aliphatic heterocycles. The second kappa shape index (κ2) is 8.53. The van der Waals surface area contributed by atoms with Crippen LogP contribution in [0.1, 0.15) is 32.1 Å². The van der Waals surface area contributed by atoms with Gasteiger partial charge in [0.1, 0.15) is 0 Å². The van der Waals surface area contributed by atoms with Gasteiger partial charge in [-0.25, -0.2) is 0 Å². The normalized spacial score (nSPS) is 17.3. The van der Waals surface area contributed by atoms with Crippen LogP contribution >= 0.6 is 0 Å². The van der Waals surface area contributed by atoms with Gasteiger partial charge < -0.3 is 15.4 Å². The standard InChI is InChI=1S/C12H24N2O2/c1-16-8-7-14-12(15)10-13-9-11-5-3-2-4-6-11/h11,13H,2-10H2,1H3,(H,14,15). The Morgan fingerprint density at radius 2 is 2.06 bits per heavy atom. The third kappa shape index (κ3) is 6.08. The van der Waals surface area contributed by atoms with Crippen molar-refractivity contribution in [3.05, 3.63) is 0 Å². The molecule has 4 nitrogen and oxygen atoms in total. The van der Waals surface area contributed by atoms with Crippen LogP contribution in [-0.4, -0.2) is 39.3 Å².